The molecule has 1 amide bonds. The molecule has 0 saturated heterocycles. The number of thiophene rings is 1. The van der Waals surface area contributed by atoms with E-state index in [9.17, 15) is 4.79 Å². The fourth-order valence-corrected chi connectivity index (χ4v) is 4.52. The van der Waals surface area contributed by atoms with Crippen LogP contribution < -0.4 is 5.32 Å². The highest BCUT2D eigenvalue weighted by Gasteiger charge is 2.20. The number of hydrogen-bond donors (Lipinski definition) is 1. The Balaban J connectivity index is 1.84. The molecule has 1 aliphatic carbocycles. The summed E-state index contributed by atoms with van der Waals surface area (Å²) >= 11 is 1.77. The number of carbonyl (C=O) groups is 1. The van der Waals surface area contributed by atoms with Crippen LogP contribution in [-0.2, 0) is 12.8 Å². The minimum atomic E-state index is 0.124. The van der Waals surface area contributed by atoms with Crippen LogP contribution >= 0.6 is 11.3 Å². The van der Waals surface area contributed by atoms with Crippen molar-refractivity contribution in [3.63, 3.8) is 0 Å². The van der Waals surface area contributed by atoms with Crippen LogP contribution in [0.25, 0.3) is 0 Å². The lowest BCUT2D eigenvalue weighted by Crippen LogP contribution is -2.38. The van der Waals surface area contributed by atoms with Gasteiger partial charge in [-0.15, -0.1) is 11.3 Å². The van der Waals surface area contributed by atoms with Crippen molar-refractivity contribution in [3.8, 4) is 0 Å². The van der Waals surface area contributed by atoms with Gasteiger partial charge in [-0.3, -0.25) is 4.79 Å². The second kappa shape index (κ2) is 8.84. The third kappa shape index (κ3) is 5.61. The van der Waals surface area contributed by atoms with Crippen LogP contribution in [0.3, 0.4) is 0 Å². The van der Waals surface area contributed by atoms with E-state index >= 15 is 0 Å². The Morgan fingerprint density at radius 2 is 1.83 bits per heavy atom. The van der Waals surface area contributed by atoms with Gasteiger partial charge in [-0.1, -0.05) is 27.7 Å². The van der Waals surface area contributed by atoms with Crippen molar-refractivity contribution in [3.05, 3.63) is 21.4 Å². The Morgan fingerprint density at radius 1 is 1.17 bits per heavy atom. The van der Waals surface area contributed by atoms with Gasteiger partial charge < -0.3 is 10.2 Å². The minimum Gasteiger partial charge on any atom is -0.351 e. The number of carbonyl (C=O) groups excluding carboxylic acids is 1. The van der Waals surface area contributed by atoms with Crippen LogP contribution in [0.4, 0.5) is 0 Å². The van der Waals surface area contributed by atoms with E-state index in [1.165, 1.54) is 23.3 Å². The highest BCUT2D eigenvalue weighted by molar-refractivity contribution is 7.10. The van der Waals surface area contributed by atoms with Gasteiger partial charge in [0.25, 0.3) is 5.91 Å². The Bertz CT molecular complexity index is 497. The Kier molecular flexibility index (Phi) is 7.09. The summed E-state index contributed by atoms with van der Waals surface area (Å²) in [4.78, 5) is 16.4. The molecule has 0 atom stereocenters. The molecule has 0 aromatic carbocycles. The van der Waals surface area contributed by atoms with Gasteiger partial charge in [-0.25, -0.2) is 0 Å². The van der Waals surface area contributed by atoms with Crippen molar-refractivity contribution < 1.29 is 4.79 Å². The number of nitrogens with one attached hydrogen (secondary N) is 1. The number of aryl methyl sites for hydroxylation is 1. The summed E-state index contributed by atoms with van der Waals surface area (Å²) in [6, 6.07) is 0. The van der Waals surface area contributed by atoms with Gasteiger partial charge in [-0.05, 0) is 43.1 Å². The molecule has 1 aromatic rings. The highest BCUT2D eigenvalue weighted by Crippen LogP contribution is 2.30. The monoisotopic (exact) mass is 336 g/mol. The molecule has 0 aliphatic heterocycles. The lowest BCUT2D eigenvalue weighted by molar-refractivity contribution is 0.0945. The molecule has 1 N–H and O–H groups in total. The average Bonchev–Trinajstić information content (AvgIpc) is 2.89. The van der Waals surface area contributed by atoms with Gasteiger partial charge in [0.2, 0.25) is 0 Å². The average molecular weight is 337 g/mol. The fraction of sp³-hybridized carbons (Fsp3) is 0.737. The summed E-state index contributed by atoms with van der Waals surface area (Å²) in [6.07, 6.45) is 4.73. The normalized spacial score (nSPS) is 14.6. The molecule has 1 aliphatic rings. The van der Waals surface area contributed by atoms with Crippen LogP contribution in [0.5, 0.6) is 0 Å². The van der Waals surface area contributed by atoms with Gasteiger partial charge in [0.15, 0.2) is 0 Å². The van der Waals surface area contributed by atoms with E-state index in [-0.39, 0.29) is 5.91 Å². The van der Waals surface area contributed by atoms with Gasteiger partial charge in [0.05, 0.1) is 5.56 Å². The summed E-state index contributed by atoms with van der Waals surface area (Å²) in [5.74, 6) is 1.44. The number of amides is 1. The van der Waals surface area contributed by atoms with Gasteiger partial charge in [-0.2, -0.15) is 0 Å². The van der Waals surface area contributed by atoms with Crippen molar-refractivity contribution in [2.24, 2.45) is 11.8 Å². The van der Waals surface area contributed by atoms with Crippen LogP contribution in [0.1, 0.15) is 61.3 Å². The van der Waals surface area contributed by atoms with E-state index in [4.69, 9.17) is 0 Å². The zero-order valence-electron chi connectivity index (χ0n) is 15.2. The zero-order chi connectivity index (χ0) is 16.8. The predicted molar refractivity (Wildman–Crippen MR) is 99.4 cm³/mol. The lowest BCUT2D eigenvalue weighted by Gasteiger charge is -2.26. The van der Waals surface area contributed by atoms with Crippen molar-refractivity contribution in [2.45, 2.75) is 53.4 Å². The van der Waals surface area contributed by atoms with E-state index in [1.54, 1.807) is 11.3 Å². The zero-order valence-corrected chi connectivity index (χ0v) is 16.0. The predicted octanol–water partition coefficient (Wildman–Crippen LogP) is 3.97. The van der Waals surface area contributed by atoms with E-state index in [1.807, 2.05) is 0 Å². The number of hydrogen-bond acceptors (Lipinski definition) is 3. The molecule has 1 aromatic heterocycles. The smallest absolute Gasteiger partial charge is 0.252 e. The molecule has 0 radical (unpaired) electrons. The molecule has 0 saturated carbocycles. The molecule has 3 nitrogen and oxygen atoms in total. The quantitative estimate of drug-likeness (QED) is 0.779. The van der Waals surface area contributed by atoms with Gasteiger partial charge in [0.1, 0.15) is 0 Å². The number of fused-ring (bicyclic) bond motifs is 1. The van der Waals surface area contributed by atoms with E-state index in [0.717, 1.165) is 44.6 Å². The third-order valence-electron chi connectivity index (χ3n) is 4.27. The number of nitrogens with zero attached hydrogens (tertiary/aromatic N) is 1. The molecule has 1 heterocycles. The lowest BCUT2D eigenvalue weighted by atomic mass is 9.96. The van der Waals surface area contributed by atoms with Crippen LogP contribution in [0.2, 0.25) is 0 Å². The summed E-state index contributed by atoms with van der Waals surface area (Å²) in [6.45, 7) is 12.9. The molecule has 4 heteroatoms. The number of rotatable bonds is 8. The summed E-state index contributed by atoms with van der Waals surface area (Å²) in [5.41, 5.74) is 2.25. The first-order valence-corrected chi connectivity index (χ1v) is 9.95. The minimum absolute atomic E-state index is 0.124. The molecule has 0 fully saturated rings. The topological polar surface area (TPSA) is 32.3 Å². The second-order valence-corrected chi connectivity index (χ2v) is 8.53. The maximum atomic E-state index is 12.5. The van der Waals surface area contributed by atoms with Crippen molar-refractivity contribution in [1.29, 1.82) is 0 Å². The molecule has 23 heavy (non-hydrogen) atoms. The molecular weight excluding hydrogens is 304 g/mol. The maximum absolute atomic E-state index is 12.5. The first-order chi connectivity index (χ1) is 11.0. The van der Waals surface area contributed by atoms with Crippen molar-refractivity contribution in [1.82, 2.24) is 10.2 Å². The van der Waals surface area contributed by atoms with Gasteiger partial charge >= 0.3 is 0 Å². The molecule has 0 bridgehead atoms. The summed E-state index contributed by atoms with van der Waals surface area (Å²) < 4.78 is 0. The molecule has 0 spiro atoms. The molecular formula is C19H32N2OS. The van der Waals surface area contributed by atoms with Crippen LogP contribution in [0, 0.1) is 11.8 Å². The summed E-state index contributed by atoms with van der Waals surface area (Å²) in [7, 11) is 0. The molecule has 2 rings (SSSR count). The first kappa shape index (κ1) is 18.5. The molecule has 130 valence electrons. The van der Waals surface area contributed by atoms with E-state index < -0.39 is 0 Å². The first-order valence-electron chi connectivity index (χ1n) is 9.07. The van der Waals surface area contributed by atoms with Crippen LogP contribution in [0.15, 0.2) is 5.38 Å². The molecule has 0 unspecified atom stereocenters. The van der Waals surface area contributed by atoms with Gasteiger partial charge in [0, 0.05) is 36.4 Å². The van der Waals surface area contributed by atoms with Crippen molar-refractivity contribution >= 4 is 17.2 Å². The maximum Gasteiger partial charge on any atom is 0.252 e. The van der Waals surface area contributed by atoms with E-state index in [0.29, 0.717) is 11.8 Å². The second-order valence-electron chi connectivity index (χ2n) is 7.56. The summed E-state index contributed by atoms with van der Waals surface area (Å²) in [5, 5.41) is 5.20. The fourth-order valence-electron chi connectivity index (χ4n) is 3.40. The highest BCUT2D eigenvalue weighted by atomic mass is 32.1. The largest absolute Gasteiger partial charge is 0.351 e. The van der Waals surface area contributed by atoms with E-state index in [2.05, 4.69) is 43.3 Å². The standard InChI is InChI=1S/C19H32N2OS/c1-14(2)11-21(12-15(3)4)10-9-20-19(22)17-13-23-18-8-6-5-7-16(17)18/h13-15H,5-12H2,1-4H3,(H,20,22). The van der Waals surface area contributed by atoms with Crippen LogP contribution in [-0.4, -0.2) is 37.0 Å². The van der Waals surface area contributed by atoms with Crippen molar-refractivity contribution in [2.75, 3.05) is 26.2 Å². The SMILES string of the molecule is CC(C)CN(CCNC(=O)c1csc2c1CCCC2)CC(C)C. The third-order valence-corrected chi connectivity index (χ3v) is 5.35. The Morgan fingerprint density at radius 3 is 2.48 bits per heavy atom. The Hall–Kier alpha value is -0.870. The Labute approximate surface area is 145 Å².